The smallest absolute Gasteiger partial charge is 0.345 e. The fourth-order valence-electron chi connectivity index (χ4n) is 2.63. The van der Waals surface area contributed by atoms with Crippen molar-refractivity contribution >= 4 is 17.7 Å². The van der Waals surface area contributed by atoms with Crippen LogP contribution in [0.1, 0.15) is 26.7 Å². The highest BCUT2D eigenvalue weighted by atomic mass is 16.7. The Morgan fingerprint density at radius 1 is 1.40 bits per heavy atom. The molecule has 2 saturated heterocycles. The summed E-state index contributed by atoms with van der Waals surface area (Å²) in [7, 11) is 1.45. The molecule has 3 amide bonds. The second kappa shape index (κ2) is 5.78. The zero-order valence-corrected chi connectivity index (χ0v) is 12.1. The zero-order chi connectivity index (χ0) is 14.9. The first-order valence-electron chi connectivity index (χ1n) is 6.90. The van der Waals surface area contributed by atoms with Gasteiger partial charge in [-0.3, -0.25) is 14.4 Å². The van der Waals surface area contributed by atoms with Crippen LogP contribution < -0.4 is 5.32 Å². The number of carbonyl (C=O) groups is 3. The molecule has 0 spiro atoms. The van der Waals surface area contributed by atoms with Crippen LogP contribution in [0.2, 0.25) is 0 Å². The van der Waals surface area contributed by atoms with E-state index in [-0.39, 0.29) is 36.2 Å². The normalized spacial score (nSPS) is 25.3. The average Bonchev–Trinajstić information content (AvgIpc) is 2.67. The van der Waals surface area contributed by atoms with E-state index in [2.05, 4.69) is 5.32 Å². The van der Waals surface area contributed by atoms with Gasteiger partial charge in [0.1, 0.15) is 6.04 Å². The number of nitrogens with zero attached hydrogens (tertiary/aromatic N) is 2. The van der Waals surface area contributed by atoms with Crippen molar-refractivity contribution in [1.29, 1.82) is 0 Å². The number of carbonyl (C=O) groups excluding carboxylic acids is 3. The van der Waals surface area contributed by atoms with E-state index >= 15 is 0 Å². The minimum atomic E-state index is -0.501. The van der Waals surface area contributed by atoms with Crippen LogP contribution >= 0.6 is 0 Å². The molecule has 20 heavy (non-hydrogen) atoms. The van der Waals surface area contributed by atoms with E-state index in [1.165, 1.54) is 17.1 Å². The Morgan fingerprint density at radius 3 is 2.70 bits per heavy atom. The van der Waals surface area contributed by atoms with Crippen molar-refractivity contribution in [3.8, 4) is 0 Å². The highest BCUT2D eigenvalue weighted by Crippen LogP contribution is 2.29. The van der Waals surface area contributed by atoms with Gasteiger partial charge in [-0.2, -0.15) is 5.06 Å². The van der Waals surface area contributed by atoms with Crippen LogP contribution in [0.3, 0.4) is 0 Å². The molecule has 7 nitrogen and oxygen atoms in total. The lowest BCUT2D eigenvalue weighted by Gasteiger charge is -2.29. The van der Waals surface area contributed by atoms with E-state index in [4.69, 9.17) is 4.84 Å². The predicted octanol–water partition coefficient (Wildman–Crippen LogP) is 0.158. The molecule has 0 radical (unpaired) electrons. The minimum Gasteiger partial charge on any atom is -0.347 e. The van der Waals surface area contributed by atoms with E-state index < -0.39 is 6.04 Å². The van der Waals surface area contributed by atoms with Crippen molar-refractivity contribution in [2.24, 2.45) is 5.92 Å². The van der Waals surface area contributed by atoms with Crippen LogP contribution in [0.25, 0.3) is 0 Å². The third kappa shape index (κ3) is 2.63. The van der Waals surface area contributed by atoms with E-state index in [9.17, 15) is 14.4 Å². The van der Waals surface area contributed by atoms with E-state index in [1.54, 1.807) is 13.8 Å². The Hall–Kier alpha value is -1.63. The first kappa shape index (κ1) is 14.8. The highest BCUT2D eigenvalue weighted by molar-refractivity contribution is 5.92. The maximum Gasteiger partial charge on any atom is 0.345 e. The number of hydrogen-bond acceptors (Lipinski definition) is 4. The number of hydroxylamine groups is 2. The molecule has 2 fully saturated rings. The van der Waals surface area contributed by atoms with Crippen LogP contribution in [0.15, 0.2) is 0 Å². The van der Waals surface area contributed by atoms with Crippen molar-refractivity contribution in [1.82, 2.24) is 15.3 Å². The van der Waals surface area contributed by atoms with Crippen LogP contribution in [0.5, 0.6) is 0 Å². The first-order valence-corrected chi connectivity index (χ1v) is 6.90. The van der Waals surface area contributed by atoms with Crippen molar-refractivity contribution in [3.05, 3.63) is 0 Å². The Balaban J connectivity index is 1.95. The lowest BCUT2D eigenvalue weighted by molar-refractivity contribution is -0.129. The SMILES string of the molecule is CON1C(=O)N2C[C@H]1CC[C@H]2C(=O)NCC(=O)C(C)C. The minimum absolute atomic E-state index is 0.0155. The summed E-state index contributed by atoms with van der Waals surface area (Å²) in [5.74, 6) is -0.384. The van der Waals surface area contributed by atoms with Crippen LogP contribution in [0.4, 0.5) is 4.79 Å². The number of hydrogen-bond donors (Lipinski definition) is 1. The summed E-state index contributed by atoms with van der Waals surface area (Å²) in [5, 5.41) is 3.95. The Bertz CT molecular complexity index is 424. The monoisotopic (exact) mass is 283 g/mol. The molecule has 0 aliphatic carbocycles. The molecule has 7 heteroatoms. The fraction of sp³-hybridized carbons (Fsp3) is 0.769. The van der Waals surface area contributed by atoms with Gasteiger partial charge >= 0.3 is 6.03 Å². The second-order valence-electron chi connectivity index (χ2n) is 5.53. The zero-order valence-electron chi connectivity index (χ0n) is 12.1. The van der Waals surface area contributed by atoms with Gasteiger partial charge in [-0.15, -0.1) is 0 Å². The quantitative estimate of drug-likeness (QED) is 0.779. The van der Waals surface area contributed by atoms with E-state index in [0.29, 0.717) is 13.0 Å². The van der Waals surface area contributed by atoms with Crippen molar-refractivity contribution in [2.75, 3.05) is 20.2 Å². The summed E-state index contributed by atoms with van der Waals surface area (Å²) in [6.07, 6.45) is 1.32. The van der Waals surface area contributed by atoms with Crippen LogP contribution in [0, 0.1) is 5.92 Å². The Labute approximate surface area is 118 Å². The second-order valence-corrected chi connectivity index (χ2v) is 5.53. The number of ketones is 1. The molecule has 2 aliphatic rings. The number of amides is 3. The maximum atomic E-state index is 12.1. The summed E-state index contributed by atoms with van der Waals surface area (Å²) < 4.78 is 0. The first-order chi connectivity index (χ1) is 9.45. The molecule has 2 bridgehead atoms. The fourth-order valence-corrected chi connectivity index (χ4v) is 2.63. The molecular weight excluding hydrogens is 262 g/mol. The van der Waals surface area contributed by atoms with Crippen molar-refractivity contribution in [2.45, 2.75) is 38.8 Å². The van der Waals surface area contributed by atoms with Gasteiger partial charge in [0.05, 0.1) is 19.7 Å². The number of fused-ring (bicyclic) bond motifs is 2. The van der Waals surface area contributed by atoms with E-state index in [0.717, 1.165) is 6.42 Å². The van der Waals surface area contributed by atoms with Gasteiger partial charge in [0.15, 0.2) is 5.78 Å². The molecule has 0 aromatic carbocycles. The van der Waals surface area contributed by atoms with Gasteiger partial charge in [-0.1, -0.05) is 13.8 Å². The molecule has 1 N–H and O–H groups in total. The lowest BCUT2D eigenvalue weighted by Crippen LogP contribution is -2.50. The Morgan fingerprint density at radius 2 is 2.10 bits per heavy atom. The third-order valence-corrected chi connectivity index (χ3v) is 3.90. The number of rotatable bonds is 5. The maximum absolute atomic E-state index is 12.1. The van der Waals surface area contributed by atoms with Crippen LogP contribution in [-0.2, 0) is 14.4 Å². The molecule has 2 heterocycles. The molecule has 112 valence electrons. The molecule has 2 atom stereocenters. The lowest BCUT2D eigenvalue weighted by atomic mass is 10.00. The average molecular weight is 283 g/mol. The number of nitrogens with one attached hydrogen (secondary N) is 1. The van der Waals surface area contributed by atoms with E-state index in [1.807, 2.05) is 0 Å². The summed E-state index contributed by atoms with van der Waals surface area (Å²) in [4.78, 5) is 42.3. The van der Waals surface area contributed by atoms with Gasteiger partial charge in [0.2, 0.25) is 5.91 Å². The van der Waals surface area contributed by atoms with Crippen LogP contribution in [-0.4, -0.2) is 60.0 Å². The van der Waals surface area contributed by atoms with Gasteiger partial charge in [0, 0.05) is 12.5 Å². The third-order valence-electron chi connectivity index (χ3n) is 3.90. The van der Waals surface area contributed by atoms with Crippen molar-refractivity contribution < 1.29 is 19.2 Å². The summed E-state index contributed by atoms with van der Waals surface area (Å²) in [5.41, 5.74) is 0. The number of piperidine rings is 1. The standard InChI is InChI=1S/C13H21N3O4/c1-8(2)11(17)6-14-12(18)10-5-4-9-7-15(10)13(19)16(9)20-3/h8-10H,4-7H2,1-3H3,(H,14,18)/t9-,10+/m1/s1. The molecule has 2 rings (SSSR count). The van der Waals surface area contributed by atoms with Gasteiger partial charge in [0.25, 0.3) is 0 Å². The number of urea groups is 1. The largest absolute Gasteiger partial charge is 0.347 e. The molecular formula is C13H21N3O4. The molecule has 0 aromatic heterocycles. The van der Waals surface area contributed by atoms with Gasteiger partial charge in [-0.25, -0.2) is 4.79 Å². The topological polar surface area (TPSA) is 79.0 Å². The molecule has 0 aromatic rings. The number of Topliss-reactive ketones (excluding diaryl/α,β-unsaturated/α-hetero) is 1. The van der Waals surface area contributed by atoms with Gasteiger partial charge < -0.3 is 10.2 Å². The molecule has 0 unspecified atom stereocenters. The van der Waals surface area contributed by atoms with Crippen molar-refractivity contribution in [3.63, 3.8) is 0 Å². The van der Waals surface area contributed by atoms with Gasteiger partial charge in [-0.05, 0) is 12.8 Å². The summed E-state index contributed by atoms with van der Waals surface area (Å²) in [6, 6.07) is -0.752. The predicted molar refractivity (Wildman–Crippen MR) is 70.6 cm³/mol. The highest BCUT2D eigenvalue weighted by Gasteiger charge is 2.47. The Kier molecular flexibility index (Phi) is 4.27. The summed E-state index contributed by atoms with van der Waals surface area (Å²) >= 11 is 0. The summed E-state index contributed by atoms with van der Waals surface area (Å²) in [6.45, 7) is 4.11. The molecule has 2 aliphatic heterocycles. The molecule has 0 saturated carbocycles.